The first-order chi connectivity index (χ1) is 14.2. The summed E-state index contributed by atoms with van der Waals surface area (Å²) in [6.07, 6.45) is -2.76. The number of hydrogen-bond donors (Lipinski definition) is 0. The lowest BCUT2D eigenvalue weighted by molar-refractivity contribution is -0.153. The van der Waals surface area contributed by atoms with Crippen LogP contribution in [0.4, 0.5) is 26.3 Å². The molecule has 0 fully saturated rings. The summed E-state index contributed by atoms with van der Waals surface area (Å²) in [7, 11) is 0. The Balaban J connectivity index is 1.88. The van der Waals surface area contributed by atoms with Crippen molar-refractivity contribution in [2.24, 2.45) is 0 Å². The lowest BCUT2D eigenvalue weighted by Crippen LogP contribution is -2.19. The third-order valence-corrected chi connectivity index (χ3v) is 4.52. The van der Waals surface area contributed by atoms with Gasteiger partial charge >= 0.3 is 6.18 Å². The number of benzene rings is 3. The molecule has 0 aliphatic carbocycles. The van der Waals surface area contributed by atoms with E-state index in [1.165, 1.54) is 12.1 Å². The van der Waals surface area contributed by atoms with Crippen LogP contribution in [0.3, 0.4) is 0 Å². The zero-order chi connectivity index (χ0) is 21.9. The predicted molar refractivity (Wildman–Crippen MR) is 103 cm³/mol. The first-order valence-corrected chi connectivity index (χ1v) is 9.26. The second-order valence-corrected chi connectivity index (χ2v) is 6.78. The van der Waals surface area contributed by atoms with Crippen molar-refractivity contribution in [1.82, 2.24) is 0 Å². The maximum Gasteiger partial charge on any atom is 0.422 e. The number of hydrogen-bond acceptors (Lipinski definition) is 1. The quantitative estimate of drug-likeness (QED) is 0.377. The van der Waals surface area contributed by atoms with Crippen molar-refractivity contribution in [2.45, 2.75) is 25.9 Å². The van der Waals surface area contributed by atoms with Gasteiger partial charge in [0.1, 0.15) is 5.82 Å². The van der Waals surface area contributed by atoms with Crippen LogP contribution in [0.5, 0.6) is 5.75 Å². The number of alkyl halides is 3. The minimum absolute atomic E-state index is 0.208. The molecule has 1 nitrogen and oxygen atoms in total. The standard InChI is InChI=1S/C23H18F6O/c1-2-3-14-4-6-15(7-5-14)16-8-9-17(19(24)12-16)18-10-11-20(22(26)21(18)25)30-13-23(27,28)29/h4-12H,2-3,13H2,1H3. The van der Waals surface area contributed by atoms with Crippen molar-refractivity contribution >= 4 is 0 Å². The third kappa shape index (κ3) is 4.96. The number of halogens is 6. The fraction of sp³-hybridized carbons (Fsp3) is 0.217. The summed E-state index contributed by atoms with van der Waals surface area (Å²) in [4.78, 5) is 0. The lowest BCUT2D eigenvalue weighted by atomic mass is 9.98. The molecule has 0 unspecified atom stereocenters. The van der Waals surface area contributed by atoms with Crippen molar-refractivity contribution in [3.05, 3.63) is 77.6 Å². The van der Waals surface area contributed by atoms with E-state index in [0.29, 0.717) is 5.56 Å². The van der Waals surface area contributed by atoms with Crippen LogP contribution in [-0.2, 0) is 6.42 Å². The van der Waals surface area contributed by atoms with Crippen molar-refractivity contribution in [2.75, 3.05) is 6.61 Å². The van der Waals surface area contributed by atoms with Crippen LogP contribution in [-0.4, -0.2) is 12.8 Å². The SMILES string of the molecule is CCCc1ccc(-c2ccc(-c3ccc(OCC(F)(F)F)c(F)c3F)c(F)c2)cc1. The van der Waals surface area contributed by atoms with Gasteiger partial charge in [-0.25, -0.2) is 8.78 Å². The summed E-state index contributed by atoms with van der Waals surface area (Å²) in [5.74, 6) is -4.76. The van der Waals surface area contributed by atoms with E-state index in [-0.39, 0.29) is 5.56 Å². The molecule has 0 spiro atoms. The first-order valence-electron chi connectivity index (χ1n) is 9.26. The van der Waals surface area contributed by atoms with Gasteiger partial charge in [-0.2, -0.15) is 17.6 Å². The van der Waals surface area contributed by atoms with Gasteiger partial charge in [-0.05, 0) is 41.3 Å². The summed E-state index contributed by atoms with van der Waals surface area (Å²) in [6.45, 7) is 0.307. The molecule has 3 aromatic rings. The Morgan fingerprint density at radius 3 is 2.00 bits per heavy atom. The van der Waals surface area contributed by atoms with E-state index < -0.39 is 41.5 Å². The normalized spacial score (nSPS) is 11.6. The van der Waals surface area contributed by atoms with Gasteiger partial charge < -0.3 is 4.74 Å². The smallest absolute Gasteiger partial charge is 0.422 e. The van der Waals surface area contributed by atoms with Crippen LogP contribution < -0.4 is 4.74 Å². The van der Waals surface area contributed by atoms with Crippen LogP contribution >= 0.6 is 0 Å². The molecule has 0 radical (unpaired) electrons. The van der Waals surface area contributed by atoms with Crippen molar-refractivity contribution in [3.8, 4) is 28.0 Å². The topological polar surface area (TPSA) is 9.23 Å². The first kappa shape index (κ1) is 21.7. The second kappa shape index (κ2) is 8.81. The third-order valence-electron chi connectivity index (χ3n) is 4.52. The number of aryl methyl sites for hydroxylation is 1. The van der Waals surface area contributed by atoms with Crippen LogP contribution in [0.1, 0.15) is 18.9 Å². The van der Waals surface area contributed by atoms with E-state index in [4.69, 9.17) is 0 Å². The van der Waals surface area contributed by atoms with Crippen molar-refractivity contribution in [1.29, 1.82) is 0 Å². The van der Waals surface area contributed by atoms with Gasteiger partial charge in [-0.15, -0.1) is 0 Å². The molecule has 0 heterocycles. The minimum Gasteiger partial charge on any atom is -0.481 e. The van der Waals surface area contributed by atoms with E-state index in [1.54, 1.807) is 6.07 Å². The van der Waals surface area contributed by atoms with E-state index in [1.807, 2.05) is 24.3 Å². The highest BCUT2D eigenvalue weighted by Crippen LogP contribution is 2.34. The van der Waals surface area contributed by atoms with Crippen LogP contribution in [0.15, 0.2) is 54.6 Å². The highest BCUT2D eigenvalue weighted by atomic mass is 19.4. The summed E-state index contributed by atoms with van der Waals surface area (Å²) < 4.78 is 84.1. The van der Waals surface area contributed by atoms with E-state index in [2.05, 4.69) is 11.7 Å². The molecule has 0 atom stereocenters. The van der Waals surface area contributed by atoms with Gasteiger partial charge in [-0.3, -0.25) is 0 Å². The molecule has 7 heteroatoms. The van der Waals surface area contributed by atoms with E-state index in [0.717, 1.165) is 36.1 Å². The molecular weight excluding hydrogens is 406 g/mol. The van der Waals surface area contributed by atoms with Gasteiger partial charge in [0.05, 0.1) is 0 Å². The summed E-state index contributed by atoms with van der Waals surface area (Å²) in [5.41, 5.74) is 1.87. The van der Waals surface area contributed by atoms with Gasteiger partial charge in [0.25, 0.3) is 0 Å². The molecule has 0 N–H and O–H groups in total. The Labute approximate surface area is 169 Å². The monoisotopic (exact) mass is 424 g/mol. The molecule has 3 aromatic carbocycles. The highest BCUT2D eigenvalue weighted by Gasteiger charge is 2.29. The Morgan fingerprint density at radius 2 is 1.40 bits per heavy atom. The largest absolute Gasteiger partial charge is 0.481 e. The van der Waals surface area contributed by atoms with Crippen LogP contribution in [0, 0.1) is 17.5 Å². The molecule has 30 heavy (non-hydrogen) atoms. The Bertz CT molecular complexity index is 1030. The summed E-state index contributed by atoms with van der Waals surface area (Å²) in [5, 5.41) is 0. The fourth-order valence-corrected chi connectivity index (χ4v) is 3.08. The molecule has 3 rings (SSSR count). The molecule has 0 saturated carbocycles. The predicted octanol–water partition coefficient (Wildman–Crippen LogP) is 7.33. The molecule has 0 bridgehead atoms. The molecule has 0 aromatic heterocycles. The Hall–Kier alpha value is -2.96. The van der Waals surface area contributed by atoms with Crippen molar-refractivity contribution in [3.63, 3.8) is 0 Å². The molecule has 0 amide bonds. The molecule has 0 aliphatic heterocycles. The minimum atomic E-state index is -4.70. The highest BCUT2D eigenvalue weighted by molar-refractivity contribution is 5.72. The van der Waals surface area contributed by atoms with Gasteiger partial charge in [-0.1, -0.05) is 49.7 Å². The van der Waals surface area contributed by atoms with Gasteiger partial charge in [0, 0.05) is 11.1 Å². The maximum absolute atomic E-state index is 14.7. The molecular formula is C23H18F6O. The Morgan fingerprint density at radius 1 is 0.767 bits per heavy atom. The maximum atomic E-state index is 14.7. The average molecular weight is 424 g/mol. The van der Waals surface area contributed by atoms with E-state index in [9.17, 15) is 26.3 Å². The Kier molecular flexibility index (Phi) is 6.39. The number of ether oxygens (including phenoxy) is 1. The number of rotatable bonds is 6. The summed E-state index contributed by atoms with van der Waals surface area (Å²) >= 11 is 0. The second-order valence-electron chi connectivity index (χ2n) is 6.78. The molecule has 0 aliphatic rings. The van der Waals surface area contributed by atoms with Crippen LogP contribution in [0.25, 0.3) is 22.3 Å². The van der Waals surface area contributed by atoms with Crippen molar-refractivity contribution < 1.29 is 31.1 Å². The zero-order valence-corrected chi connectivity index (χ0v) is 16.0. The van der Waals surface area contributed by atoms with E-state index >= 15 is 0 Å². The lowest BCUT2D eigenvalue weighted by Gasteiger charge is -2.13. The molecule has 0 saturated heterocycles. The van der Waals surface area contributed by atoms with Crippen LogP contribution in [0.2, 0.25) is 0 Å². The zero-order valence-electron chi connectivity index (χ0n) is 16.0. The summed E-state index contributed by atoms with van der Waals surface area (Å²) in [6, 6.07) is 13.5. The van der Waals surface area contributed by atoms with Gasteiger partial charge in [0.2, 0.25) is 5.82 Å². The average Bonchev–Trinajstić information content (AvgIpc) is 2.70. The fourth-order valence-electron chi connectivity index (χ4n) is 3.08. The molecule has 158 valence electrons. The van der Waals surface area contributed by atoms with Gasteiger partial charge in [0.15, 0.2) is 18.2 Å².